The molecule has 174 valence electrons. The van der Waals surface area contributed by atoms with Crippen LogP contribution in [0, 0.1) is 10.1 Å². The maximum atomic E-state index is 12.5. The van der Waals surface area contributed by atoms with Crippen LogP contribution < -0.4 is 14.8 Å². The van der Waals surface area contributed by atoms with E-state index in [0.29, 0.717) is 24.7 Å². The van der Waals surface area contributed by atoms with E-state index in [-0.39, 0.29) is 16.8 Å². The van der Waals surface area contributed by atoms with Gasteiger partial charge in [-0.25, -0.2) is 0 Å². The van der Waals surface area contributed by atoms with Crippen molar-refractivity contribution in [1.29, 1.82) is 0 Å². The predicted octanol–water partition coefficient (Wildman–Crippen LogP) is 4.12. The fraction of sp³-hybridized carbons (Fsp3) is 0.435. The maximum Gasteiger partial charge on any atom is 0.269 e. The van der Waals surface area contributed by atoms with E-state index in [9.17, 15) is 14.9 Å². The van der Waals surface area contributed by atoms with Crippen LogP contribution in [-0.2, 0) is 11.3 Å². The van der Waals surface area contributed by atoms with Gasteiger partial charge in [0.15, 0.2) is 11.5 Å². The molecular formula is C23H31N3O5S. The number of hydrogen-bond donors (Lipinski definition) is 1. The summed E-state index contributed by atoms with van der Waals surface area (Å²) in [4.78, 5) is 25.9. The first-order valence-corrected chi connectivity index (χ1v) is 11.5. The Morgan fingerprint density at radius 1 is 1.16 bits per heavy atom. The zero-order chi connectivity index (χ0) is 23.5. The van der Waals surface area contributed by atoms with Gasteiger partial charge in [-0.15, -0.1) is 11.8 Å². The Bertz CT molecular complexity index is 888. The molecule has 0 fully saturated rings. The van der Waals surface area contributed by atoms with E-state index in [1.807, 2.05) is 18.2 Å². The van der Waals surface area contributed by atoms with E-state index in [0.717, 1.165) is 30.1 Å². The highest BCUT2D eigenvalue weighted by molar-refractivity contribution is 8.00. The van der Waals surface area contributed by atoms with Gasteiger partial charge >= 0.3 is 0 Å². The van der Waals surface area contributed by atoms with E-state index in [2.05, 4.69) is 24.1 Å². The third kappa shape index (κ3) is 7.72. The molecule has 0 saturated carbocycles. The van der Waals surface area contributed by atoms with Crippen LogP contribution in [0.15, 0.2) is 47.4 Å². The number of nitro groups is 1. The number of amides is 1. The van der Waals surface area contributed by atoms with Crippen molar-refractivity contribution in [2.75, 3.05) is 33.4 Å². The number of rotatable bonds is 13. The molecule has 0 heterocycles. The molecule has 0 unspecified atom stereocenters. The summed E-state index contributed by atoms with van der Waals surface area (Å²) in [6, 6.07) is 11.8. The molecule has 1 N–H and O–H groups in total. The first-order chi connectivity index (χ1) is 15.4. The molecule has 2 aromatic rings. The van der Waals surface area contributed by atoms with Crippen molar-refractivity contribution in [3.8, 4) is 11.5 Å². The lowest BCUT2D eigenvalue weighted by atomic mass is 10.2. The summed E-state index contributed by atoms with van der Waals surface area (Å²) in [7, 11) is 1.60. The second kappa shape index (κ2) is 12.9. The zero-order valence-electron chi connectivity index (χ0n) is 19.0. The van der Waals surface area contributed by atoms with Crippen LogP contribution >= 0.6 is 11.8 Å². The van der Waals surface area contributed by atoms with Crippen LogP contribution in [0.2, 0.25) is 0 Å². The van der Waals surface area contributed by atoms with Gasteiger partial charge in [0.25, 0.3) is 5.69 Å². The minimum absolute atomic E-state index is 0.0286. The Balaban J connectivity index is 1.87. The van der Waals surface area contributed by atoms with E-state index >= 15 is 0 Å². The van der Waals surface area contributed by atoms with Gasteiger partial charge in [-0.1, -0.05) is 19.9 Å². The van der Waals surface area contributed by atoms with Crippen molar-refractivity contribution < 1.29 is 19.2 Å². The molecule has 0 aromatic heterocycles. The third-order valence-electron chi connectivity index (χ3n) is 4.98. The molecule has 0 saturated heterocycles. The average molecular weight is 462 g/mol. The van der Waals surface area contributed by atoms with E-state index in [4.69, 9.17) is 9.47 Å². The highest BCUT2D eigenvalue weighted by Crippen LogP contribution is 2.28. The van der Waals surface area contributed by atoms with Gasteiger partial charge in [-0.3, -0.25) is 14.9 Å². The van der Waals surface area contributed by atoms with Gasteiger partial charge < -0.3 is 19.7 Å². The number of likely N-dealkylation sites (N-methyl/N-ethyl adjacent to an activating group) is 1. The molecule has 0 aliphatic rings. The number of nitrogens with zero attached hydrogens (tertiary/aromatic N) is 2. The fourth-order valence-electron chi connectivity index (χ4n) is 3.00. The minimum atomic E-state index is -0.444. The monoisotopic (exact) mass is 461 g/mol. The van der Waals surface area contributed by atoms with Crippen molar-refractivity contribution >= 4 is 23.4 Å². The lowest BCUT2D eigenvalue weighted by Gasteiger charge is -2.19. The predicted molar refractivity (Wildman–Crippen MR) is 127 cm³/mol. The van der Waals surface area contributed by atoms with Crippen molar-refractivity contribution in [3.63, 3.8) is 0 Å². The summed E-state index contributed by atoms with van der Waals surface area (Å²) < 4.78 is 11.3. The number of benzene rings is 2. The SMILES string of the molecule is CCN(CC)CCOc1ccc(CNC(=O)[C@@H](C)Sc2ccc([N+](=O)[O-])cc2)cc1OC. The number of hydrogen-bond acceptors (Lipinski definition) is 7. The van der Waals surface area contributed by atoms with Crippen molar-refractivity contribution in [2.24, 2.45) is 0 Å². The van der Waals surface area contributed by atoms with Crippen molar-refractivity contribution in [2.45, 2.75) is 37.5 Å². The summed E-state index contributed by atoms with van der Waals surface area (Å²) >= 11 is 1.35. The molecule has 2 rings (SSSR count). The van der Waals surface area contributed by atoms with Gasteiger partial charge in [0.1, 0.15) is 6.61 Å². The molecule has 9 heteroatoms. The molecule has 0 aliphatic carbocycles. The van der Waals surface area contributed by atoms with E-state index in [1.165, 1.54) is 23.9 Å². The van der Waals surface area contributed by atoms with Crippen molar-refractivity contribution in [1.82, 2.24) is 10.2 Å². The number of non-ortho nitro benzene ring substituents is 1. The molecule has 0 bridgehead atoms. The standard InChI is InChI=1S/C23H31N3O5S/c1-5-25(6-2)13-14-31-21-12-7-18(15-22(21)30-4)16-24-23(27)17(3)32-20-10-8-19(9-11-20)26(28)29/h7-12,15,17H,5-6,13-14,16H2,1-4H3,(H,24,27)/t17-/m1/s1. The number of thioether (sulfide) groups is 1. The minimum Gasteiger partial charge on any atom is -0.493 e. The summed E-state index contributed by atoms with van der Waals surface area (Å²) in [6.07, 6.45) is 0. The van der Waals surface area contributed by atoms with E-state index < -0.39 is 4.92 Å². The molecular weight excluding hydrogens is 430 g/mol. The van der Waals surface area contributed by atoms with Crippen LogP contribution in [-0.4, -0.2) is 54.3 Å². The van der Waals surface area contributed by atoms with Gasteiger partial charge in [0, 0.05) is 30.1 Å². The lowest BCUT2D eigenvalue weighted by molar-refractivity contribution is -0.384. The van der Waals surface area contributed by atoms with Gasteiger partial charge in [-0.2, -0.15) is 0 Å². The Morgan fingerprint density at radius 2 is 1.84 bits per heavy atom. The quantitative estimate of drug-likeness (QED) is 0.272. The number of nitro benzene ring substituents is 1. The Hall–Kier alpha value is -2.78. The second-order valence-corrected chi connectivity index (χ2v) is 8.50. The second-order valence-electron chi connectivity index (χ2n) is 7.09. The number of carbonyl (C=O) groups excluding carboxylic acids is 1. The van der Waals surface area contributed by atoms with Gasteiger partial charge in [0.2, 0.25) is 5.91 Å². The Morgan fingerprint density at radius 3 is 2.44 bits per heavy atom. The molecule has 2 aromatic carbocycles. The molecule has 0 radical (unpaired) electrons. The summed E-state index contributed by atoms with van der Waals surface area (Å²) in [5.74, 6) is 1.19. The van der Waals surface area contributed by atoms with Crippen LogP contribution in [0.1, 0.15) is 26.3 Å². The number of carbonyl (C=O) groups is 1. The smallest absolute Gasteiger partial charge is 0.269 e. The first kappa shape index (κ1) is 25.5. The normalized spacial score (nSPS) is 11.8. The summed E-state index contributed by atoms with van der Waals surface area (Å²) in [6.45, 7) is 9.79. The Labute approximate surface area is 193 Å². The van der Waals surface area contributed by atoms with Crippen LogP contribution in [0.5, 0.6) is 11.5 Å². The summed E-state index contributed by atoms with van der Waals surface area (Å²) in [5.41, 5.74) is 0.930. The number of methoxy groups -OCH3 is 1. The molecule has 32 heavy (non-hydrogen) atoms. The van der Waals surface area contributed by atoms with Gasteiger partial charge in [0.05, 0.1) is 17.3 Å². The molecule has 0 spiro atoms. The van der Waals surface area contributed by atoms with Crippen LogP contribution in [0.4, 0.5) is 5.69 Å². The number of nitrogens with one attached hydrogen (secondary N) is 1. The average Bonchev–Trinajstić information content (AvgIpc) is 2.80. The fourth-order valence-corrected chi connectivity index (χ4v) is 3.89. The molecule has 1 amide bonds. The van der Waals surface area contributed by atoms with Gasteiger partial charge in [-0.05, 0) is 49.8 Å². The lowest BCUT2D eigenvalue weighted by Crippen LogP contribution is -2.30. The molecule has 0 aliphatic heterocycles. The molecule has 8 nitrogen and oxygen atoms in total. The van der Waals surface area contributed by atoms with Crippen LogP contribution in [0.25, 0.3) is 0 Å². The molecule has 1 atom stereocenters. The van der Waals surface area contributed by atoms with E-state index in [1.54, 1.807) is 26.2 Å². The third-order valence-corrected chi connectivity index (χ3v) is 6.10. The largest absolute Gasteiger partial charge is 0.493 e. The maximum absolute atomic E-state index is 12.5. The Kier molecular flexibility index (Phi) is 10.3. The zero-order valence-corrected chi connectivity index (χ0v) is 19.8. The van der Waals surface area contributed by atoms with Crippen LogP contribution in [0.3, 0.4) is 0 Å². The topological polar surface area (TPSA) is 93.9 Å². The number of ether oxygens (including phenoxy) is 2. The summed E-state index contributed by atoms with van der Waals surface area (Å²) in [5, 5.41) is 13.3. The highest BCUT2D eigenvalue weighted by atomic mass is 32.2. The first-order valence-electron chi connectivity index (χ1n) is 10.6. The van der Waals surface area contributed by atoms with Crippen molar-refractivity contribution in [3.05, 3.63) is 58.1 Å². The highest BCUT2D eigenvalue weighted by Gasteiger charge is 2.15.